The number of benzene rings is 1. The Morgan fingerprint density at radius 2 is 2.21 bits per heavy atom. The van der Waals surface area contributed by atoms with Crippen molar-refractivity contribution in [2.75, 3.05) is 0 Å². The van der Waals surface area contributed by atoms with Gasteiger partial charge in [0.15, 0.2) is 0 Å². The summed E-state index contributed by atoms with van der Waals surface area (Å²) < 4.78 is 5.41. The summed E-state index contributed by atoms with van der Waals surface area (Å²) in [5.74, 6) is 0.457. The van der Waals surface area contributed by atoms with Crippen LogP contribution in [0.25, 0.3) is 11.5 Å². The first kappa shape index (κ1) is 9.68. The van der Waals surface area contributed by atoms with E-state index in [0.29, 0.717) is 15.6 Å². The molecule has 2 aromatic rings. The Bertz CT molecular complexity index is 470. The van der Waals surface area contributed by atoms with E-state index < -0.39 is 0 Å². The smallest absolute Gasteiger partial charge is 0.258 e. The van der Waals surface area contributed by atoms with E-state index in [1.807, 2.05) is 19.1 Å². The second-order valence-electron chi connectivity index (χ2n) is 2.83. The Kier molecular flexibility index (Phi) is 2.56. The zero-order valence-corrected chi connectivity index (χ0v) is 9.63. The molecule has 0 aliphatic heterocycles. The predicted octanol–water partition coefficient (Wildman–Crippen LogP) is 3.46. The standard InChI is InChI=1S/C9H6BrClN2O/c1-5-2-3-6(4-7(5)11)8-12-9(10)13-14-8/h2-4H,1H3. The molecule has 0 saturated heterocycles. The highest BCUT2D eigenvalue weighted by Gasteiger charge is 2.07. The predicted molar refractivity (Wildman–Crippen MR) is 57.2 cm³/mol. The van der Waals surface area contributed by atoms with Crippen LogP contribution >= 0.6 is 27.5 Å². The highest BCUT2D eigenvalue weighted by atomic mass is 79.9. The fourth-order valence-corrected chi connectivity index (χ4v) is 1.46. The quantitative estimate of drug-likeness (QED) is 0.798. The van der Waals surface area contributed by atoms with Crippen LogP contribution in [0.3, 0.4) is 0 Å². The molecule has 1 aromatic heterocycles. The zero-order valence-electron chi connectivity index (χ0n) is 7.29. The van der Waals surface area contributed by atoms with E-state index in [1.165, 1.54) is 0 Å². The van der Waals surface area contributed by atoms with E-state index in [9.17, 15) is 0 Å². The summed E-state index contributed by atoms with van der Waals surface area (Å²) in [6, 6.07) is 5.60. The second kappa shape index (κ2) is 3.71. The molecule has 1 aromatic carbocycles. The first-order valence-corrected chi connectivity index (χ1v) is 5.09. The topological polar surface area (TPSA) is 38.9 Å². The largest absolute Gasteiger partial charge is 0.333 e. The molecular formula is C9H6BrClN2O. The van der Waals surface area contributed by atoms with Crippen molar-refractivity contribution in [3.63, 3.8) is 0 Å². The Labute approximate surface area is 94.2 Å². The van der Waals surface area contributed by atoms with Crippen LogP contribution < -0.4 is 0 Å². The number of aromatic nitrogens is 2. The normalized spacial score (nSPS) is 10.5. The number of nitrogens with zero attached hydrogens (tertiary/aromatic N) is 2. The molecule has 0 saturated carbocycles. The van der Waals surface area contributed by atoms with Crippen LogP contribution in [0.15, 0.2) is 27.5 Å². The van der Waals surface area contributed by atoms with Crippen molar-refractivity contribution in [1.82, 2.24) is 10.1 Å². The lowest BCUT2D eigenvalue weighted by atomic mass is 10.1. The maximum absolute atomic E-state index is 5.97. The van der Waals surface area contributed by atoms with Gasteiger partial charge in [-0.25, -0.2) is 0 Å². The third-order valence-corrected chi connectivity index (χ3v) is 2.55. The molecule has 0 aliphatic carbocycles. The van der Waals surface area contributed by atoms with Crippen LogP contribution in [-0.2, 0) is 0 Å². The van der Waals surface area contributed by atoms with Crippen molar-refractivity contribution in [1.29, 1.82) is 0 Å². The molecule has 0 atom stereocenters. The van der Waals surface area contributed by atoms with Gasteiger partial charge in [-0.15, -0.1) is 0 Å². The summed E-state index contributed by atoms with van der Waals surface area (Å²) in [4.78, 5) is 4.03. The monoisotopic (exact) mass is 272 g/mol. The summed E-state index contributed by atoms with van der Waals surface area (Å²) >= 11 is 9.08. The van der Waals surface area contributed by atoms with Crippen molar-refractivity contribution in [2.24, 2.45) is 0 Å². The van der Waals surface area contributed by atoms with Crippen molar-refractivity contribution < 1.29 is 4.52 Å². The van der Waals surface area contributed by atoms with Crippen LogP contribution in [0.2, 0.25) is 5.02 Å². The Morgan fingerprint density at radius 3 is 2.79 bits per heavy atom. The fraction of sp³-hybridized carbons (Fsp3) is 0.111. The molecule has 72 valence electrons. The van der Waals surface area contributed by atoms with Gasteiger partial charge < -0.3 is 4.52 Å². The van der Waals surface area contributed by atoms with Gasteiger partial charge in [0.25, 0.3) is 5.89 Å². The summed E-state index contributed by atoms with van der Waals surface area (Å²) in [6.45, 7) is 1.94. The minimum Gasteiger partial charge on any atom is -0.333 e. The summed E-state index contributed by atoms with van der Waals surface area (Å²) in [5, 5.41) is 4.32. The van der Waals surface area contributed by atoms with E-state index in [-0.39, 0.29) is 0 Å². The van der Waals surface area contributed by atoms with Crippen molar-refractivity contribution in [3.8, 4) is 11.5 Å². The molecule has 0 N–H and O–H groups in total. The number of aryl methyl sites for hydroxylation is 1. The molecule has 0 spiro atoms. The van der Waals surface area contributed by atoms with Gasteiger partial charge in [0, 0.05) is 10.6 Å². The third kappa shape index (κ3) is 1.81. The highest BCUT2D eigenvalue weighted by Crippen LogP contribution is 2.24. The fourth-order valence-electron chi connectivity index (χ4n) is 1.05. The molecule has 3 nitrogen and oxygen atoms in total. The molecule has 1 heterocycles. The maximum atomic E-state index is 5.97. The Balaban J connectivity index is 2.47. The molecule has 5 heteroatoms. The van der Waals surface area contributed by atoms with Crippen LogP contribution in [-0.4, -0.2) is 10.1 Å². The maximum Gasteiger partial charge on any atom is 0.258 e. The Morgan fingerprint density at radius 1 is 1.43 bits per heavy atom. The van der Waals surface area contributed by atoms with E-state index >= 15 is 0 Å². The van der Waals surface area contributed by atoms with Gasteiger partial charge in [0.1, 0.15) is 0 Å². The average molecular weight is 274 g/mol. The third-order valence-electron chi connectivity index (χ3n) is 1.82. The lowest BCUT2D eigenvalue weighted by Gasteiger charge is -1.98. The van der Waals surface area contributed by atoms with E-state index in [0.717, 1.165) is 11.1 Å². The van der Waals surface area contributed by atoms with Gasteiger partial charge in [-0.1, -0.05) is 17.7 Å². The van der Waals surface area contributed by atoms with Crippen LogP contribution in [0.1, 0.15) is 5.56 Å². The molecule has 0 fully saturated rings. The van der Waals surface area contributed by atoms with Gasteiger partial charge in [0.05, 0.1) is 0 Å². The number of halogens is 2. The van der Waals surface area contributed by atoms with E-state index in [1.54, 1.807) is 6.07 Å². The molecule has 2 rings (SSSR count). The van der Waals surface area contributed by atoms with Crippen LogP contribution in [0.4, 0.5) is 0 Å². The molecule has 0 amide bonds. The van der Waals surface area contributed by atoms with E-state index in [2.05, 4.69) is 26.1 Å². The minimum absolute atomic E-state index is 0.434. The number of hydrogen-bond acceptors (Lipinski definition) is 3. The van der Waals surface area contributed by atoms with Gasteiger partial charge in [-0.05, 0) is 45.7 Å². The molecule has 0 aliphatic rings. The molecule has 14 heavy (non-hydrogen) atoms. The molecule has 0 bridgehead atoms. The first-order chi connectivity index (χ1) is 6.66. The second-order valence-corrected chi connectivity index (χ2v) is 3.95. The average Bonchev–Trinajstić information content (AvgIpc) is 2.57. The van der Waals surface area contributed by atoms with Crippen LogP contribution in [0.5, 0.6) is 0 Å². The number of hydrogen-bond donors (Lipinski definition) is 0. The van der Waals surface area contributed by atoms with Gasteiger partial charge >= 0.3 is 0 Å². The van der Waals surface area contributed by atoms with E-state index in [4.69, 9.17) is 16.1 Å². The minimum atomic E-state index is 0.434. The molecular weight excluding hydrogens is 267 g/mol. The van der Waals surface area contributed by atoms with Crippen molar-refractivity contribution in [2.45, 2.75) is 6.92 Å². The van der Waals surface area contributed by atoms with Gasteiger partial charge in [-0.2, -0.15) is 4.98 Å². The zero-order chi connectivity index (χ0) is 10.1. The number of rotatable bonds is 1. The highest BCUT2D eigenvalue weighted by molar-refractivity contribution is 9.10. The Hall–Kier alpha value is -0.870. The first-order valence-electron chi connectivity index (χ1n) is 3.92. The van der Waals surface area contributed by atoms with Crippen molar-refractivity contribution >= 4 is 27.5 Å². The molecule has 0 radical (unpaired) electrons. The lowest BCUT2D eigenvalue weighted by Crippen LogP contribution is -1.80. The summed E-state index contributed by atoms with van der Waals surface area (Å²) in [7, 11) is 0. The lowest BCUT2D eigenvalue weighted by molar-refractivity contribution is 0.426. The summed E-state index contributed by atoms with van der Waals surface area (Å²) in [5.41, 5.74) is 1.84. The molecule has 0 unspecified atom stereocenters. The summed E-state index contributed by atoms with van der Waals surface area (Å²) in [6.07, 6.45) is 0. The SMILES string of the molecule is Cc1ccc(-c2nc(Br)no2)cc1Cl. The van der Waals surface area contributed by atoms with Crippen molar-refractivity contribution in [3.05, 3.63) is 33.5 Å². The van der Waals surface area contributed by atoms with Crippen LogP contribution in [0, 0.1) is 6.92 Å². The van der Waals surface area contributed by atoms with Gasteiger partial charge in [0.2, 0.25) is 4.73 Å². The van der Waals surface area contributed by atoms with Gasteiger partial charge in [-0.3, -0.25) is 0 Å².